The Morgan fingerprint density at radius 3 is 2.81 bits per heavy atom. The number of fused-ring (bicyclic) bond motifs is 1. The molecule has 3 rings (SSSR count). The second kappa shape index (κ2) is 7.90. The molecular formula is C20H21N3O4. The van der Waals surface area contributed by atoms with Gasteiger partial charge < -0.3 is 19.2 Å². The molecule has 1 atom stereocenters. The molecule has 7 heteroatoms. The quantitative estimate of drug-likeness (QED) is 0.677. The lowest BCUT2D eigenvalue weighted by Gasteiger charge is -2.15. The van der Waals surface area contributed by atoms with Crippen molar-refractivity contribution in [3.05, 3.63) is 60.0 Å². The number of para-hydroxylation sites is 2. The van der Waals surface area contributed by atoms with Crippen molar-refractivity contribution in [2.24, 2.45) is 0 Å². The summed E-state index contributed by atoms with van der Waals surface area (Å²) in [6.45, 7) is 5.79. The maximum Gasteiger partial charge on any atom is 0.359 e. The van der Waals surface area contributed by atoms with Crippen molar-refractivity contribution in [1.82, 2.24) is 9.38 Å². The van der Waals surface area contributed by atoms with Crippen LogP contribution in [-0.4, -0.2) is 34.0 Å². The minimum absolute atomic E-state index is 0.148. The molecule has 3 aromatic rings. The summed E-state index contributed by atoms with van der Waals surface area (Å²) in [4.78, 5) is 29.0. The summed E-state index contributed by atoms with van der Waals surface area (Å²) < 4.78 is 12.5. The van der Waals surface area contributed by atoms with E-state index in [-0.39, 0.29) is 5.69 Å². The first-order chi connectivity index (χ1) is 13.0. The third-order valence-corrected chi connectivity index (χ3v) is 3.92. The molecule has 140 valence electrons. The number of anilines is 1. The number of nitrogens with zero attached hydrogens (tertiary/aromatic N) is 2. The zero-order valence-corrected chi connectivity index (χ0v) is 15.4. The predicted molar refractivity (Wildman–Crippen MR) is 101 cm³/mol. The fourth-order valence-corrected chi connectivity index (χ4v) is 2.54. The first-order valence-electron chi connectivity index (χ1n) is 8.67. The molecule has 7 nitrogen and oxygen atoms in total. The van der Waals surface area contributed by atoms with E-state index in [1.807, 2.05) is 38.2 Å². The molecule has 1 N–H and O–H groups in total. The number of amides is 1. The highest BCUT2D eigenvalue weighted by Gasteiger charge is 2.21. The lowest BCUT2D eigenvalue weighted by Crippen LogP contribution is -2.30. The van der Waals surface area contributed by atoms with Crippen LogP contribution in [0, 0.1) is 6.92 Å². The van der Waals surface area contributed by atoms with E-state index in [1.165, 1.54) is 6.92 Å². The molecule has 0 bridgehead atoms. The predicted octanol–water partition coefficient (Wildman–Crippen LogP) is 3.23. The molecule has 1 aromatic carbocycles. The number of pyridine rings is 1. The average Bonchev–Trinajstić information content (AvgIpc) is 3.06. The molecule has 0 spiro atoms. The first kappa shape index (κ1) is 18.4. The topological polar surface area (TPSA) is 81.9 Å². The van der Waals surface area contributed by atoms with Crippen LogP contribution in [0.1, 0.15) is 29.9 Å². The van der Waals surface area contributed by atoms with Gasteiger partial charge in [0.05, 0.1) is 12.3 Å². The van der Waals surface area contributed by atoms with Gasteiger partial charge in [0.2, 0.25) is 0 Å². The van der Waals surface area contributed by atoms with Gasteiger partial charge in [0.1, 0.15) is 11.4 Å². The Bertz CT molecular complexity index is 980. The zero-order chi connectivity index (χ0) is 19.4. The third kappa shape index (κ3) is 4.25. The van der Waals surface area contributed by atoms with Gasteiger partial charge in [0.15, 0.2) is 11.8 Å². The standard InChI is InChI=1S/C20H21N3O4/c1-4-26-17-8-6-5-7-15(17)22-19(24)14(3)27-20(25)16-12-23-10-9-13(2)11-18(23)21-16/h5-12,14H,4H2,1-3H3,(H,22,24). The number of imidazole rings is 1. The van der Waals surface area contributed by atoms with Gasteiger partial charge in [-0.25, -0.2) is 9.78 Å². The second-order valence-electron chi connectivity index (χ2n) is 6.06. The molecular weight excluding hydrogens is 346 g/mol. The summed E-state index contributed by atoms with van der Waals surface area (Å²) in [5.41, 5.74) is 2.35. The van der Waals surface area contributed by atoms with Crippen molar-refractivity contribution in [2.75, 3.05) is 11.9 Å². The van der Waals surface area contributed by atoms with Crippen LogP contribution < -0.4 is 10.1 Å². The number of rotatable bonds is 6. The SMILES string of the molecule is CCOc1ccccc1NC(=O)C(C)OC(=O)c1cn2ccc(C)cc2n1. The lowest BCUT2D eigenvalue weighted by molar-refractivity contribution is -0.123. The van der Waals surface area contributed by atoms with E-state index in [1.54, 1.807) is 28.8 Å². The van der Waals surface area contributed by atoms with Crippen molar-refractivity contribution in [3.63, 3.8) is 0 Å². The van der Waals surface area contributed by atoms with Crippen molar-refractivity contribution >= 4 is 23.2 Å². The van der Waals surface area contributed by atoms with Gasteiger partial charge in [0.25, 0.3) is 5.91 Å². The number of nitrogens with one attached hydrogen (secondary N) is 1. The highest BCUT2D eigenvalue weighted by molar-refractivity contribution is 5.97. The summed E-state index contributed by atoms with van der Waals surface area (Å²) >= 11 is 0. The zero-order valence-electron chi connectivity index (χ0n) is 15.4. The van der Waals surface area contributed by atoms with Gasteiger partial charge in [-0.15, -0.1) is 0 Å². The minimum atomic E-state index is -0.987. The first-order valence-corrected chi connectivity index (χ1v) is 8.67. The molecule has 0 radical (unpaired) electrons. The Kier molecular flexibility index (Phi) is 5.40. The number of aromatic nitrogens is 2. The van der Waals surface area contributed by atoms with Crippen LogP contribution >= 0.6 is 0 Å². The van der Waals surface area contributed by atoms with Crippen LogP contribution in [-0.2, 0) is 9.53 Å². The number of benzene rings is 1. The molecule has 2 aromatic heterocycles. The largest absolute Gasteiger partial charge is 0.492 e. The average molecular weight is 367 g/mol. The van der Waals surface area contributed by atoms with Crippen LogP contribution in [0.25, 0.3) is 5.65 Å². The van der Waals surface area contributed by atoms with Crippen molar-refractivity contribution < 1.29 is 19.1 Å². The molecule has 0 aliphatic rings. The van der Waals surface area contributed by atoms with Crippen LogP contribution in [0.4, 0.5) is 5.69 Å². The van der Waals surface area contributed by atoms with Crippen molar-refractivity contribution in [2.45, 2.75) is 26.9 Å². The summed E-state index contributed by atoms with van der Waals surface area (Å²) in [5.74, 6) is -0.546. The molecule has 0 saturated heterocycles. The van der Waals surface area contributed by atoms with E-state index in [0.717, 1.165) is 5.56 Å². The molecule has 0 saturated carbocycles. The number of ether oxygens (including phenoxy) is 2. The molecule has 0 fully saturated rings. The maximum atomic E-state index is 12.4. The lowest BCUT2D eigenvalue weighted by atomic mass is 10.2. The number of hydrogen-bond acceptors (Lipinski definition) is 5. The van der Waals surface area contributed by atoms with Gasteiger partial charge in [0, 0.05) is 12.4 Å². The van der Waals surface area contributed by atoms with Crippen LogP contribution in [0.3, 0.4) is 0 Å². The monoisotopic (exact) mass is 367 g/mol. The fraction of sp³-hybridized carbons (Fsp3) is 0.250. The molecule has 0 aliphatic carbocycles. The summed E-state index contributed by atoms with van der Waals surface area (Å²) in [5, 5.41) is 2.72. The van der Waals surface area contributed by atoms with Gasteiger partial charge in [-0.3, -0.25) is 4.79 Å². The Morgan fingerprint density at radius 1 is 1.26 bits per heavy atom. The van der Waals surface area contributed by atoms with E-state index < -0.39 is 18.0 Å². The Morgan fingerprint density at radius 2 is 2.04 bits per heavy atom. The molecule has 27 heavy (non-hydrogen) atoms. The van der Waals surface area contributed by atoms with Gasteiger partial charge in [-0.2, -0.15) is 0 Å². The van der Waals surface area contributed by atoms with E-state index in [0.29, 0.717) is 23.7 Å². The van der Waals surface area contributed by atoms with Crippen LogP contribution in [0.2, 0.25) is 0 Å². The van der Waals surface area contributed by atoms with Crippen LogP contribution in [0.5, 0.6) is 5.75 Å². The molecule has 2 heterocycles. The van der Waals surface area contributed by atoms with E-state index in [4.69, 9.17) is 9.47 Å². The minimum Gasteiger partial charge on any atom is -0.492 e. The van der Waals surface area contributed by atoms with Crippen molar-refractivity contribution in [1.29, 1.82) is 0 Å². The molecule has 1 unspecified atom stereocenters. The summed E-state index contributed by atoms with van der Waals surface area (Å²) in [6.07, 6.45) is 2.40. The van der Waals surface area contributed by atoms with Crippen LogP contribution in [0.15, 0.2) is 48.8 Å². The summed E-state index contributed by atoms with van der Waals surface area (Å²) in [6, 6.07) is 10.9. The van der Waals surface area contributed by atoms with Crippen molar-refractivity contribution in [3.8, 4) is 5.75 Å². The van der Waals surface area contributed by atoms with Gasteiger partial charge in [-0.05, 0) is 50.6 Å². The van der Waals surface area contributed by atoms with E-state index >= 15 is 0 Å². The molecule has 1 amide bonds. The fourth-order valence-electron chi connectivity index (χ4n) is 2.54. The number of carbonyl (C=O) groups is 2. The molecule has 0 aliphatic heterocycles. The summed E-state index contributed by atoms with van der Waals surface area (Å²) in [7, 11) is 0. The Hall–Kier alpha value is -3.35. The third-order valence-electron chi connectivity index (χ3n) is 3.92. The Balaban J connectivity index is 1.67. The Labute approximate surface area is 156 Å². The van der Waals surface area contributed by atoms with Gasteiger partial charge in [-0.1, -0.05) is 12.1 Å². The van der Waals surface area contributed by atoms with E-state index in [9.17, 15) is 9.59 Å². The van der Waals surface area contributed by atoms with Gasteiger partial charge >= 0.3 is 5.97 Å². The number of carbonyl (C=O) groups excluding carboxylic acids is 2. The number of esters is 1. The second-order valence-corrected chi connectivity index (χ2v) is 6.06. The van der Waals surface area contributed by atoms with E-state index in [2.05, 4.69) is 10.3 Å². The highest BCUT2D eigenvalue weighted by atomic mass is 16.5. The smallest absolute Gasteiger partial charge is 0.359 e. The number of aryl methyl sites for hydroxylation is 1. The maximum absolute atomic E-state index is 12.4. The normalized spacial score (nSPS) is 11.8. The number of hydrogen-bond donors (Lipinski definition) is 1. The highest BCUT2D eigenvalue weighted by Crippen LogP contribution is 2.24.